The molecule has 1 aromatic carbocycles. The van der Waals surface area contributed by atoms with Crippen LogP contribution in [0, 0.1) is 10.1 Å². The standard InChI is InChI=1S/C15H10N4O4S2/c20-13(9-3-5-10(6-4-9)19(22)23)17-18-14(21)11-8-25-15(16-11)12-2-1-7-24-12/h1-8H,(H,17,20)(H,18,21). The van der Waals surface area contributed by atoms with E-state index in [1.165, 1.54) is 46.9 Å². The van der Waals surface area contributed by atoms with Crippen LogP contribution < -0.4 is 10.9 Å². The Morgan fingerprint density at radius 1 is 1.04 bits per heavy atom. The van der Waals surface area contributed by atoms with Crippen molar-refractivity contribution in [1.29, 1.82) is 0 Å². The normalized spacial score (nSPS) is 10.2. The van der Waals surface area contributed by atoms with E-state index in [1.807, 2.05) is 17.5 Å². The van der Waals surface area contributed by atoms with Crippen molar-refractivity contribution in [3.05, 3.63) is 68.5 Å². The van der Waals surface area contributed by atoms with Crippen molar-refractivity contribution in [2.24, 2.45) is 0 Å². The molecule has 25 heavy (non-hydrogen) atoms. The van der Waals surface area contributed by atoms with Crippen LogP contribution in [0.3, 0.4) is 0 Å². The van der Waals surface area contributed by atoms with E-state index in [-0.39, 0.29) is 16.9 Å². The second-order valence-corrected chi connectivity index (χ2v) is 6.53. The number of nitrogens with zero attached hydrogens (tertiary/aromatic N) is 2. The van der Waals surface area contributed by atoms with E-state index in [2.05, 4.69) is 15.8 Å². The molecule has 0 bridgehead atoms. The van der Waals surface area contributed by atoms with Gasteiger partial charge in [-0.3, -0.25) is 30.6 Å². The third-order valence-corrected chi connectivity index (χ3v) is 4.98. The molecule has 8 nitrogen and oxygen atoms in total. The third kappa shape index (κ3) is 3.87. The molecule has 0 fully saturated rings. The van der Waals surface area contributed by atoms with Gasteiger partial charge in [-0.1, -0.05) is 6.07 Å². The summed E-state index contributed by atoms with van der Waals surface area (Å²) in [5, 5.41) is 14.8. The van der Waals surface area contributed by atoms with Crippen molar-refractivity contribution in [2.45, 2.75) is 0 Å². The first-order valence-electron chi connectivity index (χ1n) is 6.89. The van der Waals surface area contributed by atoms with Gasteiger partial charge in [0.1, 0.15) is 10.7 Å². The number of amides is 2. The molecule has 2 aromatic heterocycles. The summed E-state index contributed by atoms with van der Waals surface area (Å²) < 4.78 is 0. The van der Waals surface area contributed by atoms with Crippen molar-refractivity contribution in [1.82, 2.24) is 15.8 Å². The van der Waals surface area contributed by atoms with Gasteiger partial charge in [0, 0.05) is 23.1 Å². The molecular weight excluding hydrogens is 364 g/mol. The van der Waals surface area contributed by atoms with Crippen LogP contribution >= 0.6 is 22.7 Å². The fraction of sp³-hybridized carbons (Fsp3) is 0. The van der Waals surface area contributed by atoms with Crippen molar-refractivity contribution < 1.29 is 14.5 Å². The molecule has 0 radical (unpaired) electrons. The van der Waals surface area contributed by atoms with Crippen LogP contribution in [0.15, 0.2) is 47.2 Å². The maximum absolute atomic E-state index is 12.0. The highest BCUT2D eigenvalue weighted by Crippen LogP contribution is 2.27. The van der Waals surface area contributed by atoms with E-state index in [9.17, 15) is 19.7 Å². The van der Waals surface area contributed by atoms with Gasteiger partial charge in [0.05, 0.1) is 9.80 Å². The first-order valence-corrected chi connectivity index (χ1v) is 8.65. The number of nitro groups is 1. The largest absolute Gasteiger partial charge is 0.289 e. The SMILES string of the molecule is O=C(NNC(=O)c1csc(-c2cccs2)n1)c1ccc([N+](=O)[O-])cc1. The smallest absolute Gasteiger partial charge is 0.267 e. The molecule has 0 aliphatic rings. The van der Waals surface area contributed by atoms with E-state index < -0.39 is 16.7 Å². The number of thiazole rings is 1. The number of hydrogen-bond acceptors (Lipinski definition) is 7. The Kier molecular flexibility index (Phi) is 4.82. The van der Waals surface area contributed by atoms with Gasteiger partial charge in [0.15, 0.2) is 0 Å². The fourth-order valence-electron chi connectivity index (χ4n) is 1.88. The third-order valence-electron chi connectivity index (χ3n) is 3.10. The summed E-state index contributed by atoms with van der Waals surface area (Å²) in [6, 6.07) is 8.83. The average Bonchev–Trinajstić information content (AvgIpc) is 3.30. The van der Waals surface area contributed by atoms with E-state index in [0.717, 1.165) is 9.88 Å². The lowest BCUT2D eigenvalue weighted by molar-refractivity contribution is -0.384. The molecule has 0 aliphatic carbocycles. The summed E-state index contributed by atoms with van der Waals surface area (Å²) in [5.74, 6) is -1.13. The molecule has 2 heterocycles. The van der Waals surface area contributed by atoms with Crippen LogP contribution in [-0.4, -0.2) is 21.7 Å². The van der Waals surface area contributed by atoms with Crippen LogP contribution in [0.1, 0.15) is 20.8 Å². The number of hydrazine groups is 1. The molecule has 3 aromatic rings. The Labute approximate surface area is 149 Å². The van der Waals surface area contributed by atoms with Gasteiger partial charge >= 0.3 is 0 Å². The topological polar surface area (TPSA) is 114 Å². The van der Waals surface area contributed by atoms with Crippen LogP contribution in [0.5, 0.6) is 0 Å². The van der Waals surface area contributed by atoms with E-state index in [4.69, 9.17) is 0 Å². The summed E-state index contributed by atoms with van der Waals surface area (Å²) >= 11 is 2.85. The number of rotatable bonds is 4. The molecule has 10 heteroatoms. The number of thiophene rings is 1. The zero-order valence-electron chi connectivity index (χ0n) is 12.5. The van der Waals surface area contributed by atoms with E-state index >= 15 is 0 Å². The van der Waals surface area contributed by atoms with Crippen molar-refractivity contribution in [2.75, 3.05) is 0 Å². The highest BCUT2D eigenvalue weighted by Gasteiger charge is 2.14. The quantitative estimate of drug-likeness (QED) is 0.538. The number of hydrogen-bond donors (Lipinski definition) is 2. The highest BCUT2D eigenvalue weighted by atomic mass is 32.1. The van der Waals surface area contributed by atoms with Crippen LogP contribution in [0.2, 0.25) is 0 Å². The Morgan fingerprint density at radius 3 is 2.40 bits per heavy atom. The van der Waals surface area contributed by atoms with Crippen LogP contribution in [-0.2, 0) is 0 Å². The zero-order chi connectivity index (χ0) is 17.8. The minimum atomic E-state index is -0.586. The predicted molar refractivity (Wildman–Crippen MR) is 93.5 cm³/mol. The van der Waals surface area contributed by atoms with Crippen molar-refractivity contribution in [3.8, 4) is 9.88 Å². The molecule has 0 saturated carbocycles. The monoisotopic (exact) mass is 374 g/mol. The lowest BCUT2D eigenvalue weighted by Crippen LogP contribution is -2.41. The summed E-state index contributed by atoms with van der Waals surface area (Å²) in [5.41, 5.74) is 4.77. The van der Waals surface area contributed by atoms with E-state index in [1.54, 1.807) is 5.38 Å². The number of aromatic nitrogens is 1. The number of nitro benzene ring substituents is 1. The van der Waals surface area contributed by atoms with Gasteiger partial charge < -0.3 is 0 Å². The Morgan fingerprint density at radius 2 is 1.76 bits per heavy atom. The number of nitrogens with one attached hydrogen (secondary N) is 2. The first-order chi connectivity index (χ1) is 12.0. The maximum atomic E-state index is 12.0. The van der Waals surface area contributed by atoms with Gasteiger partial charge in [-0.25, -0.2) is 4.98 Å². The zero-order valence-corrected chi connectivity index (χ0v) is 14.1. The maximum Gasteiger partial charge on any atom is 0.289 e. The summed E-state index contributed by atoms with van der Waals surface area (Å²) in [6.45, 7) is 0. The molecule has 0 unspecified atom stereocenters. The molecule has 0 aliphatic heterocycles. The second kappa shape index (κ2) is 7.20. The summed E-state index contributed by atoms with van der Waals surface area (Å²) in [7, 11) is 0. The Hall–Kier alpha value is -3.11. The lowest BCUT2D eigenvalue weighted by Gasteiger charge is -2.05. The summed E-state index contributed by atoms with van der Waals surface area (Å²) in [6.07, 6.45) is 0. The van der Waals surface area contributed by atoms with Gasteiger partial charge in [-0.05, 0) is 23.6 Å². The van der Waals surface area contributed by atoms with Gasteiger partial charge in [0.2, 0.25) is 0 Å². The molecule has 0 atom stereocenters. The molecule has 2 N–H and O–H groups in total. The molecule has 3 rings (SSSR count). The Balaban J connectivity index is 1.60. The molecule has 0 saturated heterocycles. The molecule has 126 valence electrons. The van der Waals surface area contributed by atoms with Gasteiger partial charge in [0.25, 0.3) is 17.5 Å². The second-order valence-electron chi connectivity index (χ2n) is 4.73. The van der Waals surface area contributed by atoms with Gasteiger partial charge in [-0.2, -0.15) is 0 Å². The van der Waals surface area contributed by atoms with E-state index in [0.29, 0.717) is 0 Å². The summed E-state index contributed by atoms with van der Waals surface area (Å²) in [4.78, 5) is 39.2. The number of benzene rings is 1. The minimum absolute atomic E-state index is 0.121. The number of non-ortho nitro benzene ring substituents is 1. The predicted octanol–water partition coefficient (Wildman–Crippen LogP) is 2.85. The van der Waals surface area contributed by atoms with Crippen LogP contribution in [0.25, 0.3) is 9.88 Å². The fourth-order valence-corrected chi connectivity index (χ4v) is 3.49. The average molecular weight is 374 g/mol. The minimum Gasteiger partial charge on any atom is -0.267 e. The molecule has 0 spiro atoms. The Bertz CT molecular complexity index is 919. The van der Waals surface area contributed by atoms with Crippen molar-refractivity contribution >= 4 is 40.2 Å². The first kappa shape index (κ1) is 16.7. The molecular formula is C15H10N4O4S2. The van der Waals surface area contributed by atoms with Gasteiger partial charge in [-0.15, -0.1) is 22.7 Å². The highest BCUT2D eigenvalue weighted by molar-refractivity contribution is 7.20. The van der Waals surface area contributed by atoms with Crippen molar-refractivity contribution in [3.63, 3.8) is 0 Å². The molecule has 2 amide bonds. The number of carbonyl (C=O) groups excluding carboxylic acids is 2. The lowest BCUT2D eigenvalue weighted by atomic mass is 10.2. The van der Waals surface area contributed by atoms with Crippen LogP contribution in [0.4, 0.5) is 5.69 Å². The number of carbonyl (C=O) groups is 2.